The topological polar surface area (TPSA) is 69.7 Å². The van der Waals surface area contributed by atoms with Gasteiger partial charge >= 0.3 is 6.03 Å². The lowest BCUT2D eigenvalue weighted by atomic mass is 9.73. The van der Waals surface area contributed by atoms with Gasteiger partial charge in [-0.3, -0.25) is 14.9 Å². The van der Waals surface area contributed by atoms with Gasteiger partial charge in [0.25, 0.3) is 5.91 Å². The summed E-state index contributed by atoms with van der Waals surface area (Å²) in [5.41, 5.74) is 0.980. The molecule has 3 aromatic carbocycles. The van der Waals surface area contributed by atoms with Crippen LogP contribution < -0.4 is 15.1 Å². The second-order valence-corrected chi connectivity index (χ2v) is 8.69. The van der Waals surface area contributed by atoms with E-state index in [4.69, 9.17) is 0 Å². The van der Waals surface area contributed by atoms with E-state index in [1.54, 1.807) is 24.3 Å². The van der Waals surface area contributed by atoms with E-state index >= 15 is 0 Å². The van der Waals surface area contributed by atoms with Crippen LogP contribution in [0.15, 0.2) is 65.1 Å². The van der Waals surface area contributed by atoms with Crippen molar-refractivity contribution in [1.29, 1.82) is 0 Å². The largest absolute Gasteiger partial charge is 0.373 e. The van der Waals surface area contributed by atoms with Crippen molar-refractivity contribution in [3.05, 3.63) is 70.7 Å². The predicted molar refractivity (Wildman–Crippen MR) is 119 cm³/mol. The molecule has 150 valence electrons. The highest BCUT2D eigenvalue weighted by molar-refractivity contribution is 9.10. The lowest BCUT2D eigenvalue weighted by Gasteiger charge is -2.45. The highest BCUT2D eigenvalue weighted by Crippen LogP contribution is 2.43. The van der Waals surface area contributed by atoms with Crippen LogP contribution in [-0.2, 0) is 16.0 Å². The number of nitrogens with zero attached hydrogens (tertiary/aromatic N) is 2. The van der Waals surface area contributed by atoms with Crippen LogP contribution in [0.2, 0.25) is 0 Å². The maximum Gasteiger partial charge on any atom is 0.335 e. The summed E-state index contributed by atoms with van der Waals surface area (Å²) in [7, 11) is 1.87. The highest BCUT2D eigenvalue weighted by Gasteiger charge is 2.56. The molecule has 2 heterocycles. The predicted octanol–water partition coefficient (Wildman–Crippen LogP) is 3.86. The van der Waals surface area contributed by atoms with Crippen molar-refractivity contribution in [2.45, 2.75) is 6.42 Å². The molecule has 0 aliphatic carbocycles. The summed E-state index contributed by atoms with van der Waals surface area (Å²) in [5, 5.41) is 4.48. The number of urea groups is 1. The molecule has 5 rings (SSSR count). The Morgan fingerprint density at radius 3 is 2.47 bits per heavy atom. The van der Waals surface area contributed by atoms with Crippen LogP contribution in [0, 0.1) is 5.41 Å². The molecular weight excluding hydrogens is 446 g/mol. The first kappa shape index (κ1) is 18.8. The Labute approximate surface area is 181 Å². The average molecular weight is 464 g/mol. The van der Waals surface area contributed by atoms with Gasteiger partial charge in [-0.1, -0.05) is 46.3 Å². The van der Waals surface area contributed by atoms with E-state index in [9.17, 15) is 14.4 Å². The highest BCUT2D eigenvalue weighted by atomic mass is 79.9. The summed E-state index contributed by atoms with van der Waals surface area (Å²) in [6.07, 6.45) is 0.235. The molecule has 1 atom stereocenters. The van der Waals surface area contributed by atoms with Gasteiger partial charge in [-0.15, -0.1) is 0 Å². The molecule has 0 aromatic heterocycles. The Kier molecular flexibility index (Phi) is 4.18. The molecule has 2 aliphatic heterocycles. The Morgan fingerprint density at radius 2 is 1.70 bits per heavy atom. The number of amides is 4. The number of hydrogen-bond donors (Lipinski definition) is 1. The van der Waals surface area contributed by atoms with Crippen LogP contribution in [-0.4, -0.2) is 31.4 Å². The molecule has 30 heavy (non-hydrogen) atoms. The average Bonchev–Trinajstić information content (AvgIpc) is 2.74. The van der Waals surface area contributed by atoms with Crippen molar-refractivity contribution in [2.24, 2.45) is 5.41 Å². The van der Waals surface area contributed by atoms with Crippen LogP contribution in [0.1, 0.15) is 5.56 Å². The van der Waals surface area contributed by atoms with Crippen LogP contribution in [0.4, 0.5) is 16.2 Å². The molecule has 7 heteroatoms. The number of rotatable bonds is 1. The van der Waals surface area contributed by atoms with Gasteiger partial charge < -0.3 is 4.90 Å². The Balaban J connectivity index is 1.65. The Morgan fingerprint density at radius 1 is 0.967 bits per heavy atom. The summed E-state index contributed by atoms with van der Waals surface area (Å²) in [5.74, 6) is -1.04. The summed E-state index contributed by atoms with van der Waals surface area (Å²) in [4.78, 5) is 42.4. The lowest BCUT2D eigenvalue weighted by molar-refractivity contribution is -0.142. The van der Waals surface area contributed by atoms with Gasteiger partial charge in [0.2, 0.25) is 5.91 Å². The number of hydrogen-bond acceptors (Lipinski definition) is 4. The van der Waals surface area contributed by atoms with Crippen molar-refractivity contribution < 1.29 is 14.4 Å². The third-order valence-electron chi connectivity index (χ3n) is 5.97. The number of barbiturate groups is 1. The van der Waals surface area contributed by atoms with Gasteiger partial charge in [0, 0.05) is 30.2 Å². The first-order valence-electron chi connectivity index (χ1n) is 9.58. The minimum Gasteiger partial charge on any atom is -0.373 e. The number of nitrogens with one attached hydrogen (secondary N) is 1. The van der Waals surface area contributed by atoms with Crippen molar-refractivity contribution in [3.8, 4) is 0 Å². The normalized spacial score (nSPS) is 21.2. The first-order chi connectivity index (χ1) is 14.4. The minimum absolute atomic E-state index is 0.198. The van der Waals surface area contributed by atoms with Gasteiger partial charge in [0.05, 0.1) is 5.69 Å². The number of anilines is 2. The zero-order valence-electron chi connectivity index (χ0n) is 16.2. The zero-order chi connectivity index (χ0) is 21.0. The van der Waals surface area contributed by atoms with Crippen LogP contribution in [0.5, 0.6) is 0 Å². The lowest BCUT2D eigenvalue weighted by Crippen LogP contribution is -2.68. The molecule has 1 fully saturated rings. The zero-order valence-corrected chi connectivity index (χ0v) is 17.8. The molecule has 4 amide bonds. The summed E-state index contributed by atoms with van der Waals surface area (Å²) in [6, 6.07) is 18.2. The van der Waals surface area contributed by atoms with E-state index in [0.717, 1.165) is 31.4 Å². The molecule has 3 aromatic rings. The number of imide groups is 2. The Bertz CT molecular complexity index is 1220. The number of fused-ring (bicyclic) bond motifs is 3. The van der Waals surface area contributed by atoms with Crippen molar-refractivity contribution in [3.63, 3.8) is 0 Å². The Hall–Kier alpha value is -3.19. The van der Waals surface area contributed by atoms with Crippen LogP contribution in [0.3, 0.4) is 0 Å². The fraction of sp³-hybridized carbons (Fsp3) is 0.174. The summed E-state index contributed by atoms with van der Waals surface area (Å²) >= 11 is 3.36. The van der Waals surface area contributed by atoms with Gasteiger partial charge in [0.15, 0.2) is 5.41 Å². The molecule has 6 nitrogen and oxygen atoms in total. The molecule has 2 aliphatic rings. The number of carbonyl (C=O) groups excluding carboxylic acids is 3. The molecule has 1 N–H and O–H groups in total. The number of halogens is 1. The molecule has 0 radical (unpaired) electrons. The minimum atomic E-state index is -1.38. The van der Waals surface area contributed by atoms with E-state index in [2.05, 4.69) is 21.2 Å². The quantitative estimate of drug-likeness (QED) is 0.556. The smallest absolute Gasteiger partial charge is 0.335 e. The van der Waals surface area contributed by atoms with Crippen molar-refractivity contribution in [1.82, 2.24) is 5.32 Å². The second-order valence-electron chi connectivity index (χ2n) is 7.78. The molecule has 0 unspecified atom stereocenters. The van der Waals surface area contributed by atoms with E-state index in [0.29, 0.717) is 5.69 Å². The van der Waals surface area contributed by atoms with E-state index in [1.807, 2.05) is 48.3 Å². The van der Waals surface area contributed by atoms with Gasteiger partial charge in [0.1, 0.15) is 0 Å². The van der Waals surface area contributed by atoms with Crippen molar-refractivity contribution in [2.75, 3.05) is 23.4 Å². The summed E-state index contributed by atoms with van der Waals surface area (Å²) < 4.78 is 0.833. The third kappa shape index (κ3) is 2.65. The van der Waals surface area contributed by atoms with Gasteiger partial charge in [-0.2, -0.15) is 0 Å². The third-order valence-corrected chi connectivity index (χ3v) is 6.50. The van der Waals surface area contributed by atoms with E-state index in [1.165, 1.54) is 0 Å². The molecule has 1 spiro atoms. The fourth-order valence-corrected chi connectivity index (χ4v) is 4.78. The number of benzene rings is 3. The van der Waals surface area contributed by atoms with Crippen molar-refractivity contribution >= 4 is 55.9 Å². The number of carbonyl (C=O) groups is 3. The molecule has 1 saturated heterocycles. The first-order valence-corrected chi connectivity index (χ1v) is 10.4. The van der Waals surface area contributed by atoms with Crippen LogP contribution in [0.25, 0.3) is 10.8 Å². The fourth-order valence-electron chi connectivity index (χ4n) is 4.51. The van der Waals surface area contributed by atoms with E-state index < -0.39 is 23.3 Å². The molecule has 0 bridgehead atoms. The van der Waals surface area contributed by atoms with E-state index in [-0.39, 0.29) is 13.0 Å². The maximum atomic E-state index is 13.7. The standard InChI is InChI=1S/C23H18BrN3O3/c1-26-13-23(12-18-17-5-3-2-4-14(17)6-11-19(18)26)20(28)25-22(30)27(21(23)29)16-9-7-15(24)8-10-16/h2-11H,12-13H2,1H3,(H,25,28,30)/t23-/m1/s1. The molecular formula is C23H18BrN3O3. The van der Waals surface area contributed by atoms with Crippen LogP contribution >= 0.6 is 15.9 Å². The monoisotopic (exact) mass is 463 g/mol. The van der Waals surface area contributed by atoms with Gasteiger partial charge in [-0.25, -0.2) is 9.69 Å². The second kappa shape index (κ2) is 6.67. The summed E-state index contributed by atoms with van der Waals surface area (Å²) in [6.45, 7) is 0.198. The SMILES string of the molecule is CN1C[C@]2(Cc3c1ccc1ccccc31)C(=O)NC(=O)N(c1ccc(Br)cc1)C2=O. The maximum absolute atomic E-state index is 13.7. The van der Waals surface area contributed by atoms with Gasteiger partial charge in [-0.05, 0) is 46.7 Å². The molecule has 0 saturated carbocycles.